The van der Waals surface area contributed by atoms with Crippen LogP contribution in [0.3, 0.4) is 0 Å². The summed E-state index contributed by atoms with van der Waals surface area (Å²) >= 11 is 1.45. The first-order valence-corrected chi connectivity index (χ1v) is 12.6. The molecule has 8 nitrogen and oxygen atoms in total. The number of aryl methyl sites for hydroxylation is 1. The number of fused-ring (bicyclic) bond motifs is 1. The first kappa shape index (κ1) is 23.2. The molecule has 2 amide bonds. The topological polar surface area (TPSA) is 89.4 Å². The van der Waals surface area contributed by atoms with Crippen LogP contribution in [0.4, 0.5) is 5.69 Å². The summed E-state index contributed by atoms with van der Waals surface area (Å²) in [4.78, 5) is 29.8. The highest BCUT2D eigenvalue weighted by Crippen LogP contribution is 2.31. The fourth-order valence-electron chi connectivity index (χ4n) is 4.32. The molecule has 0 bridgehead atoms. The Bertz CT molecular complexity index is 1300. The summed E-state index contributed by atoms with van der Waals surface area (Å²) in [5.74, 6) is -0.490. The Kier molecular flexibility index (Phi) is 6.87. The molecule has 35 heavy (non-hydrogen) atoms. The molecule has 0 unspecified atom stereocenters. The number of amides is 2. The molecule has 180 valence electrons. The van der Waals surface area contributed by atoms with E-state index < -0.39 is 6.04 Å². The number of aromatic nitrogens is 3. The lowest BCUT2D eigenvalue weighted by Gasteiger charge is -2.31. The van der Waals surface area contributed by atoms with Crippen molar-refractivity contribution in [3.63, 3.8) is 0 Å². The molecule has 0 spiro atoms. The quantitative estimate of drug-likeness (QED) is 0.406. The van der Waals surface area contributed by atoms with Gasteiger partial charge in [0.2, 0.25) is 11.8 Å². The van der Waals surface area contributed by atoms with Crippen LogP contribution in [0.2, 0.25) is 0 Å². The van der Waals surface area contributed by atoms with Crippen LogP contribution in [0.1, 0.15) is 29.3 Å². The van der Waals surface area contributed by atoms with Crippen LogP contribution in [0.15, 0.2) is 66.0 Å². The molecule has 4 aromatic rings. The number of para-hydroxylation sites is 1. The summed E-state index contributed by atoms with van der Waals surface area (Å²) in [5, 5.41) is 13.3. The molecule has 1 saturated heterocycles. The summed E-state index contributed by atoms with van der Waals surface area (Å²) in [5.41, 5.74) is 3.20. The molecular weight excluding hydrogens is 462 g/mol. The van der Waals surface area contributed by atoms with E-state index in [1.165, 1.54) is 11.3 Å². The Morgan fingerprint density at radius 2 is 2.00 bits per heavy atom. The Labute approximate surface area is 207 Å². The third-order valence-electron chi connectivity index (χ3n) is 6.13. The maximum absolute atomic E-state index is 13.9. The molecular formula is C26H27N5O3S. The van der Waals surface area contributed by atoms with Crippen molar-refractivity contribution < 1.29 is 14.3 Å². The van der Waals surface area contributed by atoms with Gasteiger partial charge in [-0.2, -0.15) is 0 Å². The summed E-state index contributed by atoms with van der Waals surface area (Å²) < 4.78 is 7.26. The van der Waals surface area contributed by atoms with Gasteiger partial charge in [0.05, 0.1) is 11.6 Å². The zero-order valence-electron chi connectivity index (χ0n) is 19.5. The summed E-state index contributed by atoms with van der Waals surface area (Å²) in [6, 6.07) is 18.1. The van der Waals surface area contributed by atoms with Crippen LogP contribution in [-0.4, -0.2) is 46.1 Å². The Balaban J connectivity index is 1.49. The molecule has 0 saturated carbocycles. The number of carbonyl (C=O) groups is 2. The normalized spacial score (nSPS) is 16.3. The van der Waals surface area contributed by atoms with E-state index in [1.807, 2.05) is 73.0 Å². The fourth-order valence-corrected chi connectivity index (χ4v) is 5.13. The maximum Gasteiger partial charge on any atom is 0.249 e. The van der Waals surface area contributed by atoms with Crippen molar-refractivity contribution in [2.45, 2.75) is 38.5 Å². The number of benzene rings is 2. The Morgan fingerprint density at radius 1 is 1.17 bits per heavy atom. The van der Waals surface area contributed by atoms with E-state index in [1.54, 1.807) is 9.58 Å². The Hall–Kier alpha value is -3.56. The summed E-state index contributed by atoms with van der Waals surface area (Å²) in [6.07, 6.45) is 1.92. The van der Waals surface area contributed by atoms with Crippen LogP contribution in [0, 0.1) is 6.92 Å². The third kappa shape index (κ3) is 5.11. The number of anilines is 1. The van der Waals surface area contributed by atoms with Gasteiger partial charge >= 0.3 is 0 Å². The van der Waals surface area contributed by atoms with Gasteiger partial charge in [0.15, 0.2) is 0 Å². The van der Waals surface area contributed by atoms with Gasteiger partial charge in [0, 0.05) is 23.7 Å². The average molecular weight is 490 g/mol. The minimum absolute atomic E-state index is 0.00738. The highest BCUT2D eigenvalue weighted by molar-refractivity contribution is 7.10. The zero-order valence-corrected chi connectivity index (χ0v) is 20.3. The standard InChI is InChI=1S/C26H27N5O3S/c1-18-10-12-19(13-11-18)31(24(32)17-30-22-8-3-2-7-21(22)28-29-30)25(23-9-5-15-35-23)26(33)27-16-20-6-4-14-34-20/h2-3,5,7-13,15,20,25H,4,6,14,16-17H2,1H3,(H,27,33)/t20-,25-/m0/s1. The van der Waals surface area contributed by atoms with E-state index >= 15 is 0 Å². The minimum atomic E-state index is -0.818. The van der Waals surface area contributed by atoms with Crippen LogP contribution in [-0.2, 0) is 20.9 Å². The number of nitrogens with one attached hydrogen (secondary N) is 1. The van der Waals surface area contributed by atoms with Crippen molar-refractivity contribution in [1.82, 2.24) is 20.3 Å². The Morgan fingerprint density at radius 3 is 2.74 bits per heavy atom. The van der Waals surface area contributed by atoms with Crippen LogP contribution >= 0.6 is 11.3 Å². The van der Waals surface area contributed by atoms with Gasteiger partial charge in [0.25, 0.3) is 0 Å². The largest absolute Gasteiger partial charge is 0.376 e. The lowest BCUT2D eigenvalue weighted by Crippen LogP contribution is -2.46. The smallest absolute Gasteiger partial charge is 0.249 e. The molecule has 1 aliphatic rings. The number of nitrogens with zero attached hydrogens (tertiary/aromatic N) is 4. The summed E-state index contributed by atoms with van der Waals surface area (Å²) in [7, 11) is 0. The van der Waals surface area contributed by atoms with E-state index in [0.717, 1.165) is 28.8 Å². The van der Waals surface area contributed by atoms with Crippen LogP contribution < -0.4 is 10.2 Å². The molecule has 1 aliphatic heterocycles. The van der Waals surface area contributed by atoms with E-state index in [9.17, 15) is 9.59 Å². The van der Waals surface area contributed by atoms with Gasteiger partial charge in [-0.05, 0) is 55.5 Å². The third-order valence-corrected chi connectivity index (χ3v) is 7.06. The first-order valence-electron chi connectivity index (χ1n) is 11.7. The maximum atomic E-state index is 13.9. The first-order chi connectivity index (χ1) is 17.1. The van der Waals surface area contributed by atoms with Gasteiger partial charge in [-0.25, -0.2) is 4.68 Å². The molecule has 2 aromatic heterocycles. The highest BCUT2D eigenvalue weighted by atomic mass is 32.1. The van der Waals surface area contributed by atoms with E-state index in [0.29, 0.717) is 24.4 Å². The molecule has 2 aromatic carbocycles. The SMILES string of the molecule is Cc1ccc(N(C(=O)Cn2nnc3ccccc32)[C@H](C(=O)NC[C@@H]2CCCO2)c2cccs2)cc1. The average Bonchev–Trinajstić information content (AvgIpc) is 3.65. The van der Waals surface area contributed by atoms with E-state index in [4.69, 9.17) is 4.74 Å². The second-order valence-electron chi connectivity index (χ2n) is 8.63. The van der Waals surface area contributed by atoms with Crippen molar-refractivity contribution in [2.24, 2.45) is 0 Å². The number of ether oxygens (including phenoxy) is 1. The number of hydrogen-bond donors (Lipinski definition) is 1. The molecule has 2 atom stereocenters. The lowest BCUT2D eigenvalue weighted by molar-refractivity contribution is -0.127. The number of carbonyl (C=O) groups excluding carboxylic acids is 2. The van der Waals surface area contributed by atoms with Crippen molar-refractivity contribution in [3.05, 3.63) is 76.5 Å². The van der Waals surface area contributed by atoms with Crippen molar-refractivity contribution in [2.75, 3.05) is 18.1 Å². The monoisotopic (exact) mass is 489 g/mol. The van der Waals surface area contributed by atoms with Crippen LogP contribution in [0.25, 0.3) is 11.0 Å². The van der Waals surface area contributed by atoms with Crippen molar-refractivity contribution in [1.29, 1.82) is 0 Å². The van der Waals surface area contributed by atoms with Gasteiger partial charge < -0.3 is 10.1 Å². The van der Waals surface area contributed by atoms with Gasteiger partial charge in [-0.1, -0.05) is 41.1 Å². The van der Waals surface area contributed by atoms with Crippen LogP contribution in [0.5, 0.6) is 0 Å². The second-order valence-corrected chi connectivity index (χ2v) is 9.61. The summed E-state index contributed by atoms with van der Waals surface area (Å²) in [6.45, 7) is 3.08. The van der Waals surface area contributed by atoms with Gasteiger partial charge in [0.1, 0.15) is 18.1 Å². The molecule has 1 N–H and O–H groups in total. The highest BCUT2D eigenvalue weighted by Gasteiger charge is 2.34. The molecule has 9 heteroatoms. The number of rotatable bonds is 8. The fraction of sp³-hybridized carbons (Fsp3) is 0.308. The molecule has 5 rings (SSSR count). The zero-order chi connectivity index (χ0) is 24.2. The molecule has 0 radical (unpaired) electrons. The van der Waals surface area contributed by atoms with Gasteiger partial charge in [-0.3, -0.25) is 14.5 Å². The van der Waals surface area contributed by atoms with Crippen molar-refractivity contribution >= 4 is 39.9 Å². The lowest BCUT2D eigenvalue weighted by atomic mass is 10.1. The van der Waals surface area contributed by atoms with Crippen molar-refractivity contribution in [3.8, 4) is 0 Å². The van der Waals surface area contributed by atoms with E-state index in [2.05, 4.69) is 15.6 Å². The predicted molar refractivity (Wildman–Crippen MR) is 135 cm³/mol. The number of hydrogen-bond acceptors (Lipinski definition) is 6. The molecule has 3 heterocycles. The predicted octanol–water partition coefficient (Wildman–Crippen LogP) is 3.87. The molecule has 0 aliphatic carbocycles. The van der Waals surface area contributed by atoms with Gasteiger partial charge in [-0.15, -0.1) is 16.4 Å². The van der Waals surface area contributed by atoms with E-state index in [-0.39, 0.29) is 24.5 Å². The molecule has 1 fully saturated rings. The number of thiophene rings is 1. The second kappa shape index (κ2) is 10.4. The minimum Gasteiger partial charge on any atom is -0.376 e.